The van der Waals surface area contributed by atoms with Gasteiger partial charge in [0.05, 0.1) is 6.10 Å². The van der Waals surface area contributed by atoms with Crippen molar-refractivity contribution >= 4 is 0 Å². The lowest BCUT2D eigenvalue weighted by molar-refractivity contribution is 0.172. The molecule has 2 nitrogen and oxygen atoms in total. The molecule has 1 aliphatic carbocycles. The summed E-state index contributed by atoms with van der Waals surface area (Å²) in [6.45, 7) is 4.42. The summed E-state index contributed by atoms with van der Waals surface area (Å²) in [7, 11) is 0. The molecule has 0 spiro atoms. The maximum atomic E-state index is 9.59. The van der Waals surface area contributed by atoms with Gasteiger partial charge in [0.25, 0.3) is 0 Å². The van der Waals surface area contributed by atoms with Crippen LogP contribution in [0.2, 0.25) is 0 Å². The molecule has 2 rings (SSSR count). The highest BCUT2D eigenvalue weighted by atomic mass is 16.3. The number of hydrogen-bond acceptors (Lipinski definition) is 2. The Morgan fingerprint density at radius 2 is 2.15 bits per heavy atom. The predicted molar refractivity (Wildman–Crippen MR) is 53.6 cm³/mol. The van der Waals surface area contributed by atoms with Gasteiger partial charge in [-0.1, -0.05) is 13.3 Å². The van der Waals surface area contributed by atoms with E-state index in [1.807, 2.05) is 0 Å². The molecule has 0 bridgehead atoms. The van der Waals surface area contributed by atoms with Crippen LogP contribution in [0.4, 0.5) is 0 Å². The average molecular weight is 183 g/mol. The van der Waals surface area contributed by atoms with Crippen molar-refractivity contribution in [3.8, 4) is 0 Å². The smallest absolute Gasteiger partial charge is 0.0682 e. The fourth-order valence-corrected chi connectivity index (χ4v) is 2.45. The third kappa shape index (κ3) is 2.44. The predicted octanol–water partition coefficient (Wildman–Crippen LogP) is 1.63. The molecule has 0 unspecified atom stereocenters. The van der Waals surface area contributed by atoms with Crippen molar-refractivity contribution in [3.05, 3.63) is 0 Å². The number of aliphatic hydroxyl groups excluding tert-OH is 1. The van der Waals surface area contributed by atoms with Gasteiger partial charge in [0.2, 0.25) is 0 Å². The molecule has 1 saturated heterocycles. The van der Waals surface area contributed by atoms with Gasteiger partial charge < -0.3 is 5.11 Å². The zero-order chi connectivity index (χ0) is 9.26. The van der Waals surface area contributed by atoms with E-state index in [1.54, 1.807) is 0 Å². The quantitative estimate of drug-likeness (QED) is 0.716. The van der Waals surface area contributed by atoms with Crippen molar-refractivity contribution in [1.29, 1.82) is 0 Å². The SMILES string of the molecule is CCC[C@@H]1C[C@@H](O)CN1CC1CC1. The highest BCUT2D eigenvalue weighted by Gasteiger charge is 2.34. The van der Waals surface area contributed by atoms with Crippen LogP contribution >= 0.6 is 0 Å². The third-order valence-corrected chi connectivity index (χ3v) is 3.32. The van der Waals surface area contributed by atoms with E-state index < -0.39 is 0 Å². The second kappa shape index (κ2) is 3.97. The first-order valence-corrected chi connectivity index (χ1v) is 5.71. The normalized spacial score (nSPS) is 35.5. The summed E-state index contributed by atoms with van der Waals surface area (Å²) in [5.41, 5.74) is 0. The monoisotopic (exact) mass is 183 g/mol. The standard InChI is InChI=1S/C11H21NO/c1-2-3-10-6-11(13)8-12(10)7-9-4-5-9/h9-11,13H,2-8H2,1H3/t10-,11-/m1/s1. The van der Waals surface area contributed by atoms with E-state index in [0.717, 1.165) is 18.9 Å². The van der Waals surface area contributed by atoms with E-state index in [-0.39, 0.29) is 6.10 Å². The van der Waals surface area contributed by atoms with Gasteiger partial charge in [0.1, 0.15) is 0 Å². The topological polar surface area (TPSA) is 23.5 Å². The molecule has 1 saturated carbocycles. The van der Waals surface area contributed by atoms with Gasteiger partial charge in [0, 0.05) is 19.1 Å². The Labute approximate surface area is 80.9 Å². The Morgan fingerprint density at radius 1 is 1.38 bits per heavy atom. The van der Waals surface area contributed by atoms with Crippen LogP contribution in [0.25, 0.3) is 0 Å². The van der Waals surface area contributed by atoms with Crippen LogP contribution in [0, 0.1) is 5.92 Å². The largest absolute Gasteiger partial charge is 0.392 e. The molecule has 2 heteroatoms. The van der Waals surface area contributed by atoms with Crippen molar-refractivity contribution in [2.75, 3.05) is 13.1 Å². The lowest BCUT2D eigenvalue weighted by atomic mass is 10.1. The number of β-amino-alcohol motifs (C(OH)–C–C–N with tert-alkyl or cyclic N) is 1. The van der Waals surface area contributed by atoms with Crippen LogP contribution in [0.15, 0.2) is 0 Å². The molecule has 2 atom stereocenters. The first kappa shape index (κ1) is 9.47. The summed E-state index contributed by atoms with van der Waals surface area (Å²) >= 11 is 0. The van der Waals surface area contributed by atoms with Crippen molar-refractivity contribution in [3.63, 3.8) is 0 Å². The molecule has 1 heterocycles. The molecular formula is C11H21NO. The fourth-order valence-electron chi connectivity index (χ4n) is 2.45. The minimum Gasteiger partial charge on any atom is -0.392 e. The van der Waals surface area contributed by atoms with Gasteiger partial charge >= 0.3 is 0 Å². The first-order chi connectivity index (χ1) is 6.29. The molecule has 0 amide bonds. The van der Waals surface area contributed by atoms with E-state index in [4.69, 9.17) is 0 Å². The molecule has 2 aliphatic rings. The highest BCUT2D eigenvalue weighted by Crippen LogP contribution is 2.33. The van der Waals surface area contributed by atoms with E-state index in [2.05, 4.69) is 11.8 Å². The van der Waals surface area contributed by atoms with Gasteiger partial charge in [0.15, 0.2) is 0 Å². The summed E-state index contributed by atoms with van der Waals surface area (Å²) < 4.78 is 0. The summed E-state index contributed by atoms with van der Waals surface area (Å²) in [4.78, 5) is 2.52. The minimum atomic E-state index is -0.0460. The molecule has 1 N–H and O–H groups in total. The number of hydrogen-bond donors (Lipinski definition) is 1. The number of nitrogens with zero attached hydrogens (tertiary/aromatic N) is 1. The molecule has 0 aromatic rings. The minimum absolute atomic E-state index is 0.0460. The molecular weight excluding hydrogens is 162 g/mol. The van der Waals surface area contributed by atoms with Gasteiger partial charge in [-0.15, -0.1) is 0 Å². The Bertz CT molecular complexity index is 167. The van der Waals surface area contributed by atoms with Crippen LogP contribution < -0.4 is 0 Å². The zero-order valence-electron chi connectivity index (χ0n) is 8.58. The number of rotatable bonds is 4. The Hall–Kier alpha value is -0.0800. The number of likely N-dealkylation sites (tertiary alicyclic amines) is 1. The zero-order valence-corrected chi connectivity index (χ0v) is 8.58. The second-order valence-electron chi connectivity index (χ2n) is 4.73. The Balaban J connectivity index is 1.82. The third-order valence-electron chi connectivity index (χ3n) is 3.32. The Morgan fingerprint density at radius 3 is 2.77 bits per heavy atom. The van der Waals surface area contributed by atoms with E-state index in [9.17, 15) is 5.11 Å². The van der Waals surface area contributed by atoms with Crippen LogP contribution in [-0.4, -0.2) is 35.2 Å². The molecule has 1 aliphatic heterocycles. The van der Waals surface area contributed by atoms with Crippen LogP contribution in [0.5, 0.6) is 0 Å². The molecule has 0 aromatic carbocycles. The summed E-state index contributed by atoms with van der Waals surface area (Å²) in [6.07, 6.45) is 6.33. The molecule has 0 radical (unpaired) electrons. The van der Waals surface area contributed by atoms with Crippen LogP contribution in [-0.2, 0) is 0 Å². The molecule has 2 fully saturated rings. The van der Waals surface area contributed by atoms with Crippen molar-refractivity contribution < 1.29 is 5.11 Å². The van der Waals surface area contributed by atoms with Crippen molar-refractivity contribution in [2.24, 2.45) is 5.92 Å². The Kier molecular flexibility index (Phi) is 2.89. The first-order valence-electron chi connectivity index (χ1n) is 5.71. The van der Waals surface area contributed by atoms with Gasteiger partial charge in [-0.2, -0.15) is 0 Å². The van der Waals surface area contributed by atoms with Crippen LogP contribution in [0.3, 0.4) is 0 Å². The van der Waals surface area contributed by atoms with E-state index >= 15 is 0 Å². The second-order valence-corrected chi connectivity index (χ2v) is 4.73. The maximum Gasteiger partial charge on any atom is 0.0682 e. The van der Waals surface area contributed by atoms with Gasteiger partial charge in [-0.05, 0) is 31.6 Å². The van der Waals surface area contributed by atoms with Crippen LogP contribution in [0.1, 0.15) is 39.0 Å². The van der Waals surface area contributed by atoms with Gasteiger partial charge in [-0.25, -0.2) is 0 Å². The number of aliphatic hydroxyl groups is 1. The lowest BCUT2D eigenvalue weighted by Gasteiger charge is -2.23. The summed E-state index contributed by atoms with van der Waals surface area (Å²) in [5.74, 6) is 0.963. The lowest BCUT2D eigenvalue weighted by Crippen LogP contribution is -2.31. The average Bonchev–Trinajstić information content (AvgIpc) is 2.80. The van der Waals surface area contributed by atoms with E-state index in [1.165, 1.54) is 32.2 Å². The summed E-state index contributed by atoms with van der Waals surface area (Å²) in [5, 5.41) is 9.59. The van der Waals surface area contributed by atoms with Crippen molar-refractivity contribution in [1.82, 2.24) is 4.90 Å². The molecule has 0 aromatic heterocycles. The fraction of sp³-hybridized carbons (Fsp3) is 1.00. The molecule has 13 heavy (non-hydrogen) atoms. The van der Waals surface area contributed by atoms with Gasteiger partial charge in [-0.3, -0.25) is 4.90 Å². The van der Waals surface area contributed by atoms with E-state index in [0.29, 0.717) is 6.04 Å². The van der Waals surface area contributed by atoms with Crippen molar-refractivity contribution in [2.45, 2.75) is 51.2 Å². The summed E-state index contributed by atoms with van der Waals surface area (Å²) in [6, 6.07) is 0.681. The maximum absolute atomic E-state index is 9.59. The molecule has 76 valence electrons. The highest BCUT2D eigenvalue weighted by molar-refractivity contribution is 4.88.